The molecule has 2 rings (SSSR count). The van der Waals surface area contributed by atoms with E-state index in [-0.39, 0.29) is 11.3 Å². The van der Waals surface area contributed by atoms with Gasteiger partial charge in [0.15, 0.2) is 0 Å². The largest absolute Gasteiger partial charge is 0.397 e. The van der Waals surface area contributed by atoms with Crippen LogP contribution in [0.1, 0.15) is 46.0 Å². The second-order valence-electron chi connectivity index (χ2n) is 6.27. The molecule has 0 atom stereocenters. The maximum Gasteiger partial charge on any atom is 0.230 e. The van der Waals surface area contributed by atoms with E-state index in [1.165, 1.54) is 0 Å². The van der Waals surface area contributed by atoms with Crippen LogP contribution in [0.3, 0.4) is 0 Å². The van der Waals surface area contributed by atoms with Crippen LogP contribution in [-0.2, 0) is 4.79 Å². The van der Waals surface area contributed by atoms with E-state index in [1.54, 1.807) is 18.2 Å². The molecule has 3 N–H and O–H groups in total. The predicted molar refractivity (Wildman–Crippen MR) is 84.9 cm³/mol. The van der Waals surface area contributed by atoms with Crippen molar-refractivity contribution in [2.24, 2.45) is 11.3 Å². The third kappa shape index (κ3) is 3.26. The molecule has 20 heavy (non-hydrogen) atoms. The van der Waals surface area contributed by atoms with Crippen LogP contribution >= 0.6 is 11.6 Å². The third-order valence-electron chi connectivity index (χ3n) is 4.10. The summed E-state index contributed by atoms with van der Waals surface area (Å²) in [6.45, 7) is 4.34. The van der Waals surface area contributed by atoms with Crippen LogP contribution in [0.25, 0.3) is 0 Å². The SMILES string of the molecule is CC(C)CC1(C(=O)Nc2cc(Cl)ccc2N)CCCC1. The lowest BCUT2D eigenvalue weighted by atomic mass is 9.77. The Morgan fingerprint density at radius 2 is 2.05 bits per heavy atom. The Bertz CT molecular complexity index is 493. The molecule has 1 aliphatic carbocycles. The van der Waals surface area contributed by atoms with E-state index in [0.717, 1.165) is 32.1 Å². The zero-order chi connectivity index (χ0) is 14.8. The number of nitrogens with two attached hydrogens (primary N) is 1. The van der Waals surface area contributed by atoms with E-state index in [1.807, 2.05) is 0 Å². The first-order valence-electron chi connectivity index (χ1n) is 7.29. The molecule has 0 radical (unpaired) electrons. The van der Waals surface area contributed by atoms with E-state index in [9.17, 15) is 4.79 Å². The molecule has 1 saturated carbocycles. The fourth-order valence-corrected chi connectivity index (χ4v) is 3.42. The van der Waals surface area contributed by atoms with Crippen molar-refractivity contribution in [3.63, 3.8) is 0 Å². The van der Waals surface area contributed by atoms with Crippen LogP contribution in [-0.4, -0.2) is 5.91 Å². The first-order valence-corrected chi connectivity index (χ1v) is 7.67. The molecule has 1 aromatic rings. The van der Waals surface area contributed by atoms with Crippen LogP contribution in [0.15, 0.2) is 18.2 Å². The number of nitrogens with one attached hydrogen (secondary N) is 1. The smallest absolute Gasteiger partial charge is 0.230 e. The summed E-state index contributed by atoms with van der Waals surface area (Å²) in [5, 5.41) is 3.57. The Hall–Kier alpha value is -1.22. The number of carbonyl (C=O) groups is 1. The summed E-state index contributed by atoms with van der Waals surface area (Å²) in [4.78, 5) is 12.7. The first-order chi connectivity index (χ1) is 9.43. The Labute approximate surface area is 125 Å². The van der Waals surface area contributed by atoms with Gasteiger partial charge >= 0.3 is 0 Å². The molecule has 1 amide bonds. The average molecular weight is 295 g/mol. The Morgan fingerprint density at radius 3 is 2.65 bits per heavy atom. The molecule has 0 aliphatic heterocycles. The molecule has 0 aromatic heterocycles. The Balaban J connectivity index is 2.18. The lowest BCUT2D eigenvalue weighted by Gasteiger charge is -2.29. The fourth-order valence-electron chi connectivity index (χ4n) is 3.25. The third-order valence-corrected chi connectivity index (χ3v) is 4.34. The van der Waals surface area contributed by atoms with Gasteiger partial charge in [0.1, 0.15) is 0 Å². The molecule has 0 saturated heterocycles. The van der Waals surface area contributed by atoms with E-state index in [4.69, 9.17) is 17.3 Å². The molecular weight excluding hydrogens is 272 g/mol. The molecule has 0 spiro atoms. The Morgan fingerprint density at radius 1 is 1.40 bits per heavy atom. The normalized spacial score (nSPS) is 17.4. The van der Waals surface area contributed by atoms with Crippen molar-refractivity contribution >= 4 is 28.9 Å². The van der Waals surface area contributed by atoms with Crippen molar-refractivity contribution in [2.75, 3.05) is 11.1 Å². The molecule has 4 heteroatoms. The van der Waals surface area contributed by atoms with Gasteiger partial charge in [0.25, 0.3) is 0 Å². The fraction of sp³-hybridized carbons (Fsp3) is 0.562. The standard InChI is InChI=1S/C16H23ClN2O/c1-11(2)10-16(7-3-4-8-16)15(20)19-14-9-12(17)5-6-13(14)18/h5-6,9,11H,3-4,7-8,10,18H2,1-2H3,(H,19,20). The average Bonchev–Trinajstić information content (AvgIpc) is 2.82. The minimum absolute atomic E-state index is 0.0951. The molecular formula is C16H23ClN2O. The summed E-state index contributed by atoms with van der Waals surface area (Å²) in [7, 11) is 0. The second kappa shape index (κ2) is 6.04. The van der Waals surface area contributed by atoms with Gasteiger partial charge in [-0.1, -0.05) is 38.3 Å². The van der Waals surface area contributed by atoms with Gasteiger partial charge in [0.2, 0.25) is 5.91 Å². The van der Waals surface area contributed by atoms with Crippen molar-refractivity contribution in [2.45, 2.75) is 46.0 Å². The van der Waals surface area contributed by atoms with Gasteiger partial charge in [-0.15, -0.1) is 0 Å². The quantitative estimate of drug-likeness (QED) is 0.805. The van der Waals surface area contributed by atoms with Crippen molar-refractivity contribution in [1.82, 2.24) is 0 Å². The molecule has 3 nitrogen and oxygen atoms in total. The number of carbonyl (C=O) groups excluding carboxylic acids is 1. The molecule has 0 heterocycles. The lowest BCUT2D eigenvalue weighted by Crippen LogP contribution is -2.35. The minimum atomic E-state index is -0.233. The van der Waals surface area contributed by atoms with Crippen molar-refractivity contribution in [3.05, 3.63) is 23.2 Å². The van der Waals surface area contributed by atoms with Gasteiger partial charge in [-0.25, -0.2) is 0 Å². The van der Waals surface area contributed by atoms with Gasteiger partial charge in [-0.2, -0.15) is 0 Å². The zero-order valence-corrected chi connectivity index (χ0v) is 13.0. The molecule has 1 aliphatic rings. The monoisotopic (exact) mass is 294 g/mol. The van der Waals surface area contributed by atoms with E-state index >= 15 is 0 Å². The molecule has 1 fully saturated rings. The number of benzene rings is 1. The molecule has 110 valence electrons. The van der Waals surface area contributed by atoms with Crippen molar-refractivity contribution in [1.29, 1.82) is 0 Å². The number of hydrogen-bond donors (Lipinski definition) is 2. The highest BCUT2D eigenvalue weighted by atomic mass is 35.5. The number of nitrogen functional groups attached to an aromatic ring is 1. The lowest BCUT2D eigenvalue weighted by molar-refractivity contribution is -0.126. The molecule has 0 unspecified atom stereocenters. The summed E-state index contributed by atoms with van der Waals surface area (Å²) in [6.07, 6.45) is 5.13. The van der Waals surface area contributed by atoms with Crippen LogP contribution < -0.4 is 11.1 Å². The van der Waals surface area contributed by atoms with Gasteiger partial charge < -0.3 is 11.1 Å². The highest BCUT2D eigenvalue weighted by molar-refractivity contribution is 6.31. The van der Waals surface area contributed by atoms with E-state index in [0.29, 0.717) is 22.3 Å². The summed E-state index contributed by atoms with van der Waals surface area (Å²) in [5.41, 5.74) is 6.85. The van der Waals surface area contributed by atoms with Crippen molar-refractivity contribution in [3.8, 4) is 0 Å². The number of amides is 1. The second-order valence-corrected chi connectivity index (χ2v) is 6.71. The van der Waals surface area contributed by atoms with Crippen LogP contribution in [0.4, 0.5) is 11.4 Å². The van der Waals surface area contributed by atoms with Gasteiger partial charge in [-0.3, -0.25) is 4.79 Å². The van der Waals surface area contributed by atoms with Crippen molar-refractivity contribution < 1.29 is 4.79 Å². The number of halogens is 1. The van der Waals surface area contributed by atoms with Gasteiger partial charge in [0, 0.05) is 10.4 Å². The summed E-state index contributed by atoms with van der Waals surface area (Å²) in [6, 6.07) is 5.17. The highest BCUT2D eigenvalue weighted by Gasteiger charge is 2.41. The van der Waals surface area contributed by atoms with Crippen LogP contribution in [0.2, 0.25) is 5.02 Å². The topological polar surface area (TPSA) is 55.1 Å². The van der Waals surface area contributed by atoms with Crippen LogP contribution in [0.5, 0.6) is 0 Å². The van der Waals surface area contributed by atoms with Gasteiger partial charge in [0.05, 0.1) is 11.4 Å². The van der Waals surface area contributed by atoms with Crippen LogP contribution in [0, 0.1) is 11.3 Å². The number of rotatable bonds is 4. The van der Waals surface area contributed by atoms with E-state index < -0.39 is 0 Å². The molecule has 1 aromatic carbocycles. The highest BCUT2D eigenvalue weighted by Crippen LogP contribution is 2.44. The summed E-state index contributed by atoms with van der Waals surface area (Å²) in [5.74, 6) is 0.605. The first kappa shape index (κ1) is 15.2. The maximum atomic E-state index is 12.7. The number of hydrogen-bond acceptors (Lipinski definition) is 2. The molecule has 0 bridgehead atoms. The van der Waals surface area contributed by atoms with Gasteiger partial charge in [-0.05, 0) is 43.4 Å². The van der Waals surface area contributed by atoms with E-state index in [2.05, 4.69) is 19.2 Å². The minimum Gasteiger partial charge on any atom is -0.397 e. The zero-order valence-electron chi connectivity index (χ0n) is 12.2. The predicted octanol–water partition coefficient (Wildman–Crippen LogP) is 4.47. The maximum absolute atomic E-state index is 12.7. The summed E-state index contributed by atoms with van der Waals surface area (Å²) < 4.78 is 0. The summed E-state index contributed by atoms with van der Waals surface area (Å²) >= 11 is 5.97. The Kier molecular flexibility index (Phi) is 4.59. The number of anilines is 2.